The summed E-state index contributed by atoms with van der Waals surface area (Å²) in [5, 5.41) is 23.3. The van der Waals surface area contributed by atoms with Gasteiger partial charge in [0.05, 0.1) is 25.4 Å². The second-order valence-corrected chi connectivity index (χ2v) is 24.6. The molecule has 0 aromatic rings. The summed E-state index contributed by atoms with van der Waals surface area (Å²) in [6.45, 7) is 4.97. The third-order valence-electron chi connectivity index (χ3n) is 16.7. The molecular formula is C72H139NO5. The molecule has 6 heteroatoms. The van der Waals surface area contributed by atoms with Crippen LogP contribution in [-0.4, -0.2) is 47.4 Å². The lowest BCUT2D eigenvalue weighted by molar-refractivity contribution is -0.143. The first-order valence-corrected chi connectivity index (χ1v) is 35.6. The maximum atomic E-state index is 12.5. The van der Waals surface area contributed by atoms with Crippen LogP contribution < -0.4 is 5.32 Å². The summed E-state index contributed by atoms with van der Waals surface area (Å²) in [7, 11) is 0. The zero-order chi connectivity index (χ0) is 56.4. The highest BCUT2D eigenvalue weighted by molar-refractivity contribution is 5.76. The molecule has 0 saturated heterocycles. The van der Waals surface area contributed by atoms with Crippen molar-refractivity contribution in [1.29, 1.82) is 0 Å². The van der Waals surface area contributed by atoms with E-state index >= 15 is 0 Å². The van der Waals surface area contributed by atoms with Crippen LogP contribution in [-0.2, 0) is 14.3 Å². The summed E-state index contributed by atoms with van der Waals surface area (Å²) in [4.78, 5) is 24.6. The van der Waals surface area contributed by atoms with Gasteiger partial charge >= 0.3 is 5.97 Å². The molecule has 3 N–H and O–H groups in total. The number of aliphatic hydroxyl groups excluding tert-OH is 2. The average Bonchev–Trinajstić information content (AvgIpc) is 3.44. The number of esters is 1. The fraction of sp³-hybridized carbons (Fsp3) is 0.917. The van der Waals surface area contributed by atoms with Gasteiger partial charge in [0.2, 0.25) is 5.91 Å². The van der Waals surface area contributed by atoms with E-state index in [0.717, 1.165) is 44.9 Å². The lowest BCUT2D eigenvalue weighted by atomic mass is 10.0. The van der Waals surface area contributed by atoms with E-state index in [2.05, 4.69) is 43.5 Å². The van der Waals surface area contributed by atoms with Gasteiger partial charge in [0.1, 0.15) is 0 Å². The van der Waals surface area contributed by atoms with Gasteiger partial charge in [-0.3, -0.25) is 9.59 Å². The molecule has 0 rings (SSSR count). The standard InChI is InChI=1S/C72H139NO5/c1-3-5-7-9-11-13-15-17-40-44-48-52-56-60-64-70(75)69(68-74)73-71(76)65-61-57-53-49-45-41-38-36-34-32-30-28-26-24-22-20-19-21-23-25-27-29-31-33-35-37-39-43-47-51-55-59-63-67-78-72(77)66-62-58-54-50-46-42-18-16-14-12-10-8-6-4-2/h16,18,23,25,69-70,74-75H,3-15,17,19-22,24,26-68H2,1-2H3,(H,73,76)/b18-16-,25-23-. The zero-order valence-corrected chi connectivity index (χ0v) is 52.9. The summed E-state index contributed by atoms with van der Waals surface area (Å²) < 4.78 is 5.49. The van der Waals surface area contributed by atoms with E-state index in [1.54, 1.807) is 0 Å². The Morgan fingerprint density at radius 3 is 0.910 bits per heavy atom. The first-order valence-electron chi connectivity index (χ1n) is 35.6. The van der Waals surface area contributed by atoms with Crippen LogP contribution >= 0.6 is 0 Å². The van der Waals surface area contributed by atoms with Gasteiger partial charge in [-0.15, -0.1) is 0 Å². The highest BCUT2D eigenvalue weighted by atomic mass is 16.5. The Morgan fingerprint density at radius 1 is 0.346 bits per heavy atom. The second-order valence-electron chi connectivity index (χ2n) is 24.6. The van der Waals surface area contributed by atoms with Crippen molar-refractivity contribution >= 4 is 11.9 Å². The number of allylic oxidation sites excluding steroid dienone is 4. The number of hydrogen-bond donors (Lipinski definition) is 3. The highest BCUT2D eigenvalue weighted by Gasteiger charge is 2.20. The molecule has 462 valence electrons. The van der Waals surface area contributed by atoms with Crippen molar-refractivity contribution in [3.05, 3.63) is 24.3 Å². The van der Waals surface area contributed by atoms with Crippen LogP contribution in [0.4, 0.5) is 0 Å². The third-order valence-corrected chi connectivity index (χ3v) is 16.7. The summed E-state index contributed by atoms with van der Waals surface area (Å²) in [5.74, 6) is -0.0187. The van der Waals surface area contributed by atoms with Crippen LogP contribution in [0.3, 0.4) is 0 Å². The van der Waals surface area contributed by atoms with E-state index in [9.17, 15) is 19.8 Å². The van der Waals surface area contributed by atoms with Gasteiger partial charge in [-0.25, -0.2) is 0 Å². The van der Waals surface area contributed by atoms with E-state index in [1.807, 2.05) is 0 Å². The summed E-state index contributed by atoms with van der Waals surface area (Å²) in [5.41, 5.74) is 0. The number of hydrogen-bond acceptors (Lipinski definition) is 5. The van der Waals surface area contributed by atoms with Crippen LogP contribution in [0.5, 0.6) is 0 Å². The van der Waals surface area contributed by atoms with Gasteiger partial charge in [0.25, 0.3) is 0 Å². The maximum Gasteiger partial charge on any atom is 0.305 e. The predicted molar refractivity (Wildman–Crippen MR) is 343 cm³/mol. The molecular weight excluding hydrogens is 959 g/mol. The lowest BCUT2D eigenvalue weighted by Crippen LogP contribution is -2.45. The number of carbonyl (C=O) groups excluding carboxylic acids is 2. The fourth-order valence-electron chi connectivity index (χ4n) is 11.3. The molecule has 78 heavy (non-hydrogen) atoms. The van der Waals surface area contributed by atoms with E-state index < -0.39 is 12.1 Å². The predicted octanol–water partition coefficient (Wildman–Crippen LogP) is 22.9. The molecule has 0 aromatic heterocycles. The summed E-state index contributed by atoms with van der Waals surface area (Å²) in [6.07, 6.45) is 85.2. The molecule has 2 atom stereocenters. The molecule has 0 radical (unpaired) electrons. The first kappa shape index (κ1) is 76.3. The van der Waals surface area contributed by atoms with Crippen LogP contribution in [0.1, 0.15) is 399 Å². The third kappa shape index (κ3) is 63.5. The first-order chi connectivity index (χ1) is 38.5. The molecule has 0 saturated carbocycles. The largest absolute Gasteiger partial charge is 0.466 e. The number of nitrogens with one attached hydrogen (secondary N) is 1. The summed E-state index contributed by atoms with van der Waals surface area (Å²) >= 11 is 0. The Balaban J connectivity index is 3.34. The second kappa shape index (κ2) is 67.8. The SMILES string of the molecule is CCCCCCC/C=C\CCCCCCCC(=O)OCCCCCCCCCCCCCC/C=C\CCCCCCCCCCCCCCCCCCCC(=O)NC(CO)C(O)CCCCCCCCCCCCCCCC. The van der Waals surface area contributed by atoms with Gasteiger partial charge in [-0.2, -0.15) is 0 Å². The van der Waals surface area contributed by atoms with Gasteiger partial charge in [0, 0.05) is 12.8 Å². The van der Waals surface area contributed by atoms with Gasteiger partial charge < -0.3 is 20.3 Å². The van der Waals surface area contributed by atoms with E-state index in [4.69, 9.17) is 4.74 Å². The highest BCUT2D eigenvalue weighted by Crippen LogP contribution is 2.19. The van der Waals surface area contributed by atoms with Crippen molar-refractivity contribution in [3.63, 3.8) is 0 Å². The molecule has 6 nitrogen and oxygen atoms in total. The number of carbonyl (C=O) groups is 2. The van der Waals surface area contributed by atoms with E-state index in [1.165, 1.54) is 321 Å². The fourth-order valence-corrected chi connectivity index (χ4v) is 11.3. The van der Waals surface area contributed by atoms with Crippen LogP contribution in [0.15, 0.2) is 24.3 Å². The van der Waals surface area contributed by atoms with Crippen LogP contribution in [0.25, 0.3) is 0 Å². The van der Waals surface area contributed by atoms with Crippen molar-refractivity contribution in [2.45, 2.75) is 411 Å². The van der Waals surface area contributed by atoms with Gasteiger partial charge in [-0.1, -0.05) is 334 Å². The minimum absolute atomic E-state index is 0.0107. The topological polar surface area (TPSA) is 95.9 Å². The monoisotopic (exact) mass is 1100 g/mol. The number of unbranched alkanes of at least 4 members (excludes halogenated alkanes) is 52. The molecule has 1 amide bonds. The van der Waals surface area contributed by atoms with E-state index in [-0.39, 0.29) is 18.5 Å². The number of amides is 1. The molecule has 0 spiro atoms. The minimum Gasteiger partial charge on any atom is -0.466 e. The van der Waals surface area contributed by atoms with Crippen molar-refractivity contribution in [2.24, 2.45) is 0 Å². The van der Waals surface area contributed by atoms with Crippen LogP contribution in [0, 0.1) is 0 Å². The molecule has 0 fully saturated rings. The summed E-state index contributed by atoms with van der Waals surface area (Å²) in [6, 6.07) is -0.538. The van der Waals surface area contributed by atoms with Crippen molar-refractivity contribution in [3.8, 4) is 0 Å². The smallest absolute Gasteiger partial charge is 0.305 e. The Hall–Kier alpha value is -1.66. The van der Waals surface area contributed by atoms with Crippen molar-refractivity contribution in [1.82, 2.24) is 5.32 Å². The molecule has 0 aliphatic carbocycles. The van der Waals surface area contributed by atoms with Crippen molar-refractivity contribution in [2.75, 3.05) is 13.2 Å². The molecule has 0 aromatic carbocycles. The normalized spacial score (nSPS) is 12.6. The minimum atomic E-state index is -0.661. The number of aliphatic hydroxyl groups is 2. The molecule has 0 aliphatic rings. The number of rotatable bonds is 67. The Kier molecular flexibility index (Phi) is 66.4. The Labute approximate surface area is 488 Å². The molecule has 2 unspecified atom stereocenters. The van der Waals surface area contributed by atoms with Gasteiger partial charge in [0.15, 0.2) is 0 Å². The number of ether oxygens (including phenoxy) is 1. The molecule has 0 heterocycles. The quantitative estimate of drug-likeness (QED) is 0.0320. The molecule has 0 aliphatic heterocycles. The molecule has 0 bridgehead atoms. The lowest BCUT2D eigenvalue weighted by Gasteiger charge is -2.22. The van der Waals surface area contributed by atoms with Gasteiger partial charge in [-0.05, 0) is 77.0 Å². The average molecular weight is 1100 g/mol. The zero-order valence-electron chi connectivity index (χ0n) is 52.9. The van der Waals surface area contributed by atoms with Crippen molar-refractivity contribution < 1.29 is 24.5 Å². The van der Waals surface area contributed by atoms with Crippen LogP contribution in [0.2, 0.25) is 0 Å². The maximum absolute atomic E-state index is 12.5. The van der Waals surface area contributed by atoms with E-state index in [0.29, 0.717) is 25.9 Å². The Morgan fingerprint density at radius 2 is 0.603 bits per heavy atom. The Bertz CT molecular complexity index is 1220.